The van der Waals surface area contributed by atoms with Gasteiger partial charge in [-0.25, -0.2) is 8.42 Å². The lowest BCUT2D eigenvalue weighted by molar-refractivity contribution is 0.102. The largest absolute Gasteiger partial charge is 0.338 e. The number of hydrogen-bond donors (Lipinski definition) is 2. The summed E-state index contributed by atoms with van der Waals surface area (Å²) in [6.45, 7) is 6.12. The molecule has 0 aliphatic heterocycles. The Labute approximate surface area is 210 Å². The average molecular weight is 533 g/mol. The normalized spacial score (nSPS) is 12.0. The van der Waals surface area contributed by atoms with Gasteiger partial charge in [0.15, 0.2) is 0 Å². The molecule has 0 unspecified atom stereocenters. The van der Waals surface area contributed by atoms with E-state index in [9.17, 15) is 13.2 Å². The number of amides is 1. The highest BCUT2D eigenvalue weighted by Crippen LogP contribution is 2.25. The van der Waals surface area contributed by atoms with Gasteiger partial charge < -0.3 is 4.52 Å². The Balaban J connectivity index is 1.39. The molecule has 1 amide bonds. The van der Waals surface area contributed by atoms with Crippen molar-refractivity contribution in [3.05, 3.63) is 70.6 Å². The molecule has 0 atom stereocenters. The molecule has 0 saturated heterocycles. The fourth-order valence-corrected chi connectivity index (χ4v) is 5.09. The maximum atomic E-state index is 12.6. The van der Waals surface area contributed by atoms with Crippen LogP contribution in [0.15, 0.2) is 57.4 Å². The molecule has 2 aromatic carbocycles. The minimum Gasteiger partial charge on any atom is -0.338 e. The zero-order valence-electron chi connectivity index (χ0n) is 18.9. The second-order valence-corrected chi connectivity index (χ2v) is 11.8. The quantitative estimate of drug-likeness (QED) is 0.336. The van der Waals surface area contributed by atoms with Crippen LogP contribution in [0.2, 0.25) is 5.02 Å². The third-order valence-corrected chi connectivity index (χ3v) is 7.80. The van der Waals surface area contributed by atoms with Gasteiger partial charge in [0, 0.05) is 5.56 Å². The van der Waals surface area contributed by atoms with Gasteiger partial charge in [-0.3, -0.25) is 10.1 Å². The SMILES string of the molecule is CC(C)(C)c1ccc(-c2noc(CNS(=O)(=O)c3nnc(NC(=O)c4ccccc4Cl)s3)n2)cc1. The predicted octanol–water partition coefficient (Wildman–Crippen LogP) is 4.27. The number of sulfonamides is 1. The van der Waals surface area contributed by atoms with E-state index in [0.717, 1.165) is 11.1 Å². The summed E-state index contributed by atoms with van der Waals surface area (Å²) in [5.41, 5.74) is 2.16. The number of benzene rings is 2. The lowest BCUT2D eigenvalue weighted by Crippen LogP contribution is -2.23. The first-order valence-corrected chi connectivity index (χ1v) is 13.0. The highest BCUT2D eigenvalue weighted by molar-refractivity contribution is 7.91. The van der Waals surface area contributed by atoms with Crippen LogP contribution in [0.1, 0.15) is 42.6 Å². The molecule has 2 N–H and O–H groups in total. The standard InChI is InChI=1S/C22H21ClN6O4S2/c1-22(2,3)14-10-8-13(9-11-14)18-25-17(33-29-18)12-24-35(31,32)21-28-27-20(34-21)26-19(30)15-6-4-5-7-16(15)23/h4-11,24H,12H2,1-3H3,(H,26,27,30). The third kappa shape index (κ3) is 5.90. The second-order valence-electron chi connectivity index (χ2n) is 8.47. The molecule has 0 aliphatic rings. The number of carbonyl (C=O) groups excluding carboxylic acids is 1. The Kier molecular flexibility index (Phi) is 6.99. The van der Waals surface area contributed by atoms with E-state index in [0.29, 0.717) is 17.2 Å². The summed E-state index contributed by atoms with van der Waals surface area (Å²) in [5.74, 6) is -0.0991. The van der Waals surface area contributed by atoms with Crippen LogP contribution in [0.3, 0.4) is 0 Å². The summed E-state index contributed by atoms with van der Waals surface area (Å²) in [4.78, 5) is 16.6. The van der Waals surface area contributed by atoms with Crippen molar-refractivity contribution in [3.63, 3.8) is 0 Å². The minimum atomic E-state index is -4.03. The zero-order valence-corrected chi connectivity index (χ0v) is 21.3. The Morgan fingerprint density at radius 3 is 2.49 bits per heavy atom. The molecule has 0 spiro atoms. The zero-order chi connectivity index (χ0) is 25.2. The highest BCUT2D eigenvalue weighted by Gasteiger charge is 2.23. The van der Waals surface area contributed by atoms with Crippen LogP contribution in [0.4, 0.5) is 5.13 Å². The molecule has 0 fully saturated rings. The van der Waals surface area contributed by atoms with Gasteiger partial charge >= 0.3 is 0 Å². The number of nitrogens with one attached hydrogen (secondary N) is 2. The van der Waals surface area contributed by atoms with Crippen LogP contribution >= 0.6 is 22.9 Å². The Bertz CT molecular complexity index is 1460. The van der Waals surface area contributed by atoms with Crippen molar-refractivity contribution in [1.82, 2.24) is 25.1 Å². The summed E-state index contributed by atoms with van der Waals surface area (Å²) in [6.07, 6.45) is 0. The van der Waals surface area contributed by atoms with Gasteiger partial charge in [-0.2, -0.15) is 9.71 Å². The predicted molar refractivity (Wildman–Crippen MR) is 132 cm³/mol. The topological polar surface area (TPSA) is 140 Å². The molecule has 0 saturated carbocycles. The lowest BCUT2D eigenvalue weighted by Gasteiger charge is -2.18. The molecule has 2 aromatic heterocycles. The summed E-state index contributed by atoms with van der Waals surface area (Å²) >= 11 is 6.70. The number of hydrogen-bond acceptors (Lipinski definition) is 9. The molecule has 4 rings (SSSR count). The molecule has 13 heteroatoms. The van der Waals surface area contributed by atoms with Crippen LogP contribution in [0.5, 0.6) is 0 Å². The first-order chi connectivity index (χ1) is 16.5. The van der Waals surface area contributed by atoms with Gasteiger partial charge in [0.1, 0.15) is 0 Å². The van der Waals surface area contributed by atoms with E-state index >= 15 is 0 Å². The fraction of sp³-hybridized carbons (Fsp3) is 0.227. The number of halogens is 1. The molecule has 35 heavy (non-hydrogen) atoms. The molecular weight excluding hydrogens is 512 g/mol. The molecular formula is C22H21ClN6O4S2. The minimum absolute atomic E-state index is 0.00840. The Morgan fingerprint density at radius 1 is 1.09 bits per heavy atom. The van der Waals surface area contributed by atoms with Crippen molar-refractivity contribution < 1.29 is 17.7 Å². The number of carbonyl (C=O) groups is 1. The van der Waals surface area contributed by atoms with Gasteiger partial charge in [-0.05, 0) is 23.1 Å². The van der Waals surface area contributed by atoms with Crippen molar-refractivity contribution >= 4 is 44.0 Å². The van der Waals surface area contributed by atoms with E-state index in [4.69, 9.17) is 16.1 Å². The Hall–Kier alpha value is -3.19. The van der Waals surface area contributed by atoms with E-state index in [1.807, 2.05) is 24.3 Å². The van der Waals surface area contributed by atoms with Crippen LogP contribution in [0.25, 0.3) is 11.4 Å². The molecule has 2 heterocycles. The third-order valence-electron chi connectivity index (χ3n) is 4.87. The van der Waals surface area contributed by atoms with Crippen molar-refractivity contribution in [2.45, 2.75) is 37.1 Å². The molecule has 0 bridgehead atoms. The van der Waals surface area contributed by atoms with Crippen LogP contribution in [0, 0.1) is 0 Å². The van der Waals surface area contributed by atoms with E-state index in [1.165, 1.54) is 6.07 Å². The molecule has 10 nitrogen and oxygen atoms in total. The maximum absolute atomic E-state index is 12.6. The lowest BCUT2D eigenvalue weighted by atomic mass is 9.87. The molecule has 4 aromatic rings. The van der Waals surface area contributed by atoms with Crippen LogP contribution in [-0.4, -0.2) is 34.7 Å². The number of nitrogens with zero attached hydrogens (tertiary/aromatic N) is 4. The fourth-order valence-electron chi connectivity index (χ4n) is 2.96. The highest BCUT2D eigenvalue weighted by atomic mass is 35.5. The van der Waals surface area contributed by atoms with Crippen molar-refractivity contribution in [1.29, 1.82) is 0 Å². The van der Waals surface area contributed by atoms with E-state index < -0.39 is 15.9 Å². The van der Waals surface area contributed by atoms with Crippen molar-refractivity contribution in [3.8, 4) is 11.4 Å². The smallest absolute Gasteiger partial charge is 0.270 e. The second kappa shape index (κ2) is 9.82. The van der Waals surface area contributed by atoms with E-state index in [2.05, 4.69) is 51.1 Å². The molecule has 182 valence electrons. The van der Waals surface area contributed by atoms with Crippen molar-refractivity contribution in [2.24, 2.45) is 0 Å². The monoisotopic (exact) mass is 532 g/mol. The number of anilines is 1. The van der Waals surface area contributed by atoms with E-state index in [-0.39, 0.29) is 37.9 Å². The van der Waals surface area contributed by atoms with Crippen LogP contribution in [-0.2, 0) is 22.0 Å². The summed E-state index contributed by atoms with van der Waals surface area (Å²) in [7, 11) is -4.03. The summed E-state index contributed by atoms with van der Waals surface area (Å²) in [6, 6.07) is 14.2. The average Bonchev–Trinajstić information content (AvgIpc) is 3.48. The summed E-state index contributed by atoms with van der Waals surface area (Å²) in [5, 5.41) is 14.1. The number of rotatable bonds is 7. The van der Waals surface area contributed by atoms with Gasteiger partial charge in [-0.15, -0.1) is 10.2 Å². The first-order valence-electron chi connectivity index (χ1n) is 10.4. The first kappa shape index (κ1) is 24.9. The van der Waals surface area contributed by atoms with Gasteiger partial charge in [0.25, 0.3) is 15.9 Å². The van der Waals surface area contributed by atoms with Gasteiger partial charge in [0.2, 0.25) is 21.2 Å². The van der Waals surface area contributed by atoms with Crippen LogP contribution < -0.4 is 10.0 Å². The molecule has 0 radical (unpaired) electrons. The Morgan fingerprint density at radius 2 is 1.80 bits per heavy atom. The van der Waals surface area contributed by atoms with Gasteiger partial charge in [0.05, 0.1) is 17.1 Å². The maximum Gasteiger partial charge on any atom is 0.270 e. The van der Waals surface area contributed by atoms with Crippen molar-refractivity contribution in [2.75, 3.05) is 5.32 Å². The van der Waals surface area contributed by atoms with Gasteiger partial charge in [-0.1, -0.05) is 85.3 Å². The molecule has 0 aliphatic carbocycles. The van der Waals surface area contributed by atoms with E-state index in [1.54, 1.807) is 18.2 Å². The number of aromatic nitrogens is 4. The summed E-state index contributed by atoms with van der Waals surface area (Å²) < 4.78 is 32.4.